The van der Waals surface area contributed by atoms with E-state index in [9.17, 15) is 26.4 Å². The molecule has 0 bridgehead atoms. The molecule has 170 valence electrons. The molecule has 0 N–H and O–H groups in total. The molecule has 0 unspecified atom stereocenters. The third-order valence-electron chi connectivity index (χ3n) is 5.32. The molecule has 0 spiro atoms. The van der Waals surface area contributed by atoms with Gasteiger partial charge in [-0.1, -0.05) is 30.3 Å². The minimum Gasteiger partial charge on any atom is -0.329 e. The number of alkyl halides is 3. The Labute approximate surface area is 184 Å². The topological polar surface area (TPSA) is 81.5 Å². The summed E-state index contributed by atoms with van der Waals surface area (Å²) in [6.45, 7) is -1.52. The monoisotopic (exact) mass is 465 g/mol. The Morgan fingerprint density at radius 2 is 1.66 bits per heavy atom. The van der Waals surface area contributed by atoms with Crippen LogP contribution in [0, 0.1) is 17.2 Å². The van der Waals surface area contributed by atoms with Crippen LogP contribution in [-0.2, 0) is 21.4 Å². The highest BCUT2D eigenvalue weighted by Gasteiger charge is 2.38. The second kappa shape index (κ2) is 9.71. The van der Waals surface area contributed by atoms with E-state index in [1.54, 1.807) is 18.2 Å². The predicted octanol–water partition coefficient (Wildman–Crippen LogP) is 3.55. The molecule has 1 saturated heterocycles. The van der Waals surface area contributed by atoms with Gasteiger partial charge in [0.05, 0.1) is 16.5 Å². The molecule has 0 radical (unpaired) electrons. The summed E-state index contributed by atoms with van der Waals surface area (Å²) < 4.78 is 66.1. The van der Waals surface area contributed by atoms with Crippen LogP contribution in [0.1, 0.15) is 24.0 Å². The van der Waals surface area contributed by atoms with E-state index in [0.717, 1.165) is 4.90 Å². The van der Waals surface area contributed by atoms with Gasteiger partial charge in [-0.05, 0) is 42.7 Å². The molecule has 0 atom stereocenters. The maximum atomic E-state index is 13.1. The van der Waals surface area contributed by atoms with Gasteiger partial charge in [-0.15, -0.1) is 0 Å². The molecule has 1 aliphatic heterocycles. The van der Waals surface area contributed by atoms with Crippen LogP contribution >= 0.6 is 0 Å². The molecule has 0 aromatic heterocycles. The second-order valence-electron chi connectivity index (χ2n) is 7.61. The van der Waals surface area contributed by atoms with Gasteiger partial charge in [0.1, 0.15) is 6.54 Å². The summed E-state index contributed by atoms with van der Waals surface area (Å²) in [5.74, 6) is -1.35. The Hall–Kier alpha value is -2.90. The second-order valence-corrected chi connectivity index (χ2v) is 9.55. The number of piperidine rings is 1. The van der Waals surface area contributed by atoms with E-state index < -0.39 is 34.6 Å². The molecule has 1 fully saturated rings. The number of amides is 1. The number of halogens is 3. The predicted molar refractivity (Wildman–Crippen MR) is 111 cm³/mol. The van der Waals surface area contributed by atoms with Crippen LogP contribution in [0.4, 0.5) is 13.2 Å². The van der Waals surface area contributed by atoms with Crippen molar-refractivity contribution in [1.29, 1.82) is 5.26 Å². The lowest BCUT2D eigenvalue weighted by molar-refractivity contribution is -0.165. The van der Waals surface area contributed by atoms with Crippen LogP contribution in [0.3, 0.4) is 0 Å². The minimum absolute atomic E-state index is 0.0599. The van der Waals surface area contributed by atoms with Gasteiger partial charge in [0.2, 0.25) is 15.9 Å². The van der Waals surface area contributed by atoms with E-state index in [4.69, 9.17) is 5.26 Å². The highest BCUT2D eigenvalue weighted by atomic mass is 32.2. The fourth-order valence-electron chi connectivity index (χ4n) is 3.68. The Bertz CT molecular complexity index is 1070. The van der Waals surface area contributed by atoms with Crippen LogP contribution in [0.2, 0.25) is 0 Å². The zero-order chi connectivity index (χ0) is 23.4. The van der Waals surface area contributed by atoms with E-state index in [1.807, 2.05) is 6.07 Å². The van der Waals surface area contributed by atoms with E-state index in [0.29, 0.717) is 11.1 Å². The first-order chi connectivity index (χ1) is 15.1. The molecule has 0 aliphatic carbocycles. The summed E-state index contributed by atoms with van der Waals surface area (Å²) in [7, 11) is -3.71. The molecule has 6 nitrogen and oxygen atoms in total. The summed E-state index contributed by atoms with van der Waals surface area (Å²) in [5, 5.41) is 8.86. The molecule has 1 aliphatic rings. The molecule has 32 heavy (non-hydrogen) atoms. The summed E-state index contributed by atoms with van der Waals surface area (Å²) in [6.07, 6.45) is -4.28. The molecule has 3 rings (SSSR count). The Morgan fingerprint density at radius 3 is 2.19 bits per heavy atom. The van der Waals surface area contributed by atoms with Gasteiger partial charge in [-0.2, -0.15) is 22.7 Å². The SMILES string of the molecule is N#Cc1ccc(CN(CC(F)(F)F)C(=O)C2CCN(S(=O)(=O)c3ccccc3)CC2)cc1. The van der Waals surface area contributed by atoms with Crippen molar-refractivity contribution in [2.45, 2.75) is 30.5 Å². The summed E-state index contributed by atoms with van der Waals surface area (Å²) in [5.41, 5.74) is 0.847. The van der Waals surface area contributed by atoms with E-state index in [-0.39, 0.29) is 37.4 Å². The number of nitrogens with zero attached hydrogens (tertiary/aromatic N) is 3. The number of hydrogen-bond donors (Lipinski definition) is 0. The smallest absolute Gasteiger partial charge is 0.329 e. The lowest BCUT2D eigenvalue weighted by Gasteiger charge is -2.34. The van der Waals surface area contributed by atoms with Crippen LogP contribution in [0.25, 0.3) is 0 Å². The van der Waals surface area contributed by atoms with Crippen LogP contribution in [0.15, 0.2) is 59.5 Å². The first kappa shape index (κ1) is 23.8. The Balaban J connectivity index is 1.69. The van der Waals surface area contributed by atoms with Crippen molar-refractivity contribution in [1.82, 2.24) is 9.21 Å². The van der Waals surface area contributed by atoms with Gasteiger partial charge in [0.25, 0.3) is 0 Å². The third-order valence-corrected chi connectivity index (χ3v) is 7.24. The number of hydrogen-bond acceptors (Lipinski definition) is 4. The number of carbonyl (C=O) groups excluding carboxylic acids is 1. The Kier molecular flexibility index (Phi) is 7.21. The van der Waals surface area contributed by atoms with Gasteiger partial charge in [-0.25, -0.2) is 8.42 Å². The van der Waals surface area contributed by atoms with Crippen molar-refractivity contribution in [3.05, 3.63) is 65.7 Å². The zero-order valence-corrected chi connectivity index (χ0v) is 17.9. The van der Waals surface area contributed by atoms with Crippen LogP contribution in [0.5, 0.6) is 0 Å². The van der Waals surface area contributed by atoms with Crippen LogP contribution in [-0.4, -0.2) is 49.3 Å². The number of carbonyl (C=O) groups is 1. The molecule has 1 heterocycles. The summed E-state index contributed by atoms with van der Waals surface area (Å²) in [6, 6.07) is 15.8. The highest BCUT2D eigenvalue weighted by Crippen LogP contribution is 2.27. The summed E-state index contributed by atoms with van der Waals surface area (Å²) >= 11 is 0. The maximum Gasteiger partial charge on any atom is 0.406 e. The van der Waals surface area contributed by atoms with Crippen molar-refractivity contribution >= 4 is 15.9 Å². The Morgan fingerprint density at radius 1 is 1.06 bits per heavy atom. The van der Waals surface area contributed by atoms with Gasteiger partial charge in [0, 0.05) is 25.6 Å². The van der Waals surface area contributed by atoms with Crippen molar-refractivity contribution in [2.75, 3.05) is 19.6 Å². The van der Waals surface area contributed by atoms with Gasteiger partial charge in [-0.3, -0.25) is 4.79 Å². The zero-order valence-electron chi connectivity index (χ0n) is 17.1. The normalized spacial score (nSPS) is 15.8. The molecule has 1 amide bonds. The molecule has 10 heteroatoms. The number of benzene rings is 2. The summed E-state index contributed by atoms with van der Waals surface area (Å²) in [4.78, 5) is 13.8. The standard InChI is InChI=1S/C22H22F3N3O3S/c23-22(24,25)16-27(15-18-8-6-17(14-26)7-9-18)21(29)19-10-12-28(13-11-19)32(30,31)20-4-2-1-3-5-20/h1-9,19H,10-13,15-16H2. The first-order valence-electron chi connectivity index (χ1n) is 10.00. The van der Waals surface area contributed by atoms with Gasteiger partial charge >= 0.3 is 6.18 Å². The van der Waals surface area contributed by atoms with E-state index >= 15 is 0 Å². The largest absolute Gasteiger partial charge is 0.406 e. The number of rotatable bonds is 6. The third kappa shape index (κ3) is 5.87. The highest BCUT2D eigenvalue weighted by molar-refractivity contribution is 7.89. The first-order valence-corrected chi connectivity index (χ1v) is 11.4. The molecular formula is C22H22F3N3O3S. The maximum absolute atomic E-state index is 13.1. The van der Waals surface area contributed by atoms with Crippen molar-refractivity contribution in [2.24, 2.45) is 5.92 Å². The lowest BCUT2D eigenvalue weighted by Crippen LogP contribution is -2.46. The van der Waals surface area contributed by atoms with Crippen molar-refractivity contribution in [3.8, 4) is 6.07 Å². The quantitative estimate of drug-likeness (QED) is 0.654. The fraction of sp³-hybridized carbons (Fsp3) is 0.364. The average molecular weight is 465 g/mol. The van der Waals surface area contributed by atoms with Crippen molar-refractivity contribution in [3.63, 3.8) is 0 Å². The molecule has 0 saturated carbocycles. The van der Waals surface area contributed by atoms with Gasteiger partial charge in [0.15, 0.2) is 0 Å². The lowest BCUT2D eigenvalue weighted by atomic mass is 9.96. The fourth-order valence-corrected chi connectivity index (χ4v) is 5.17. The average Bonchev–Trinajstić information content (AvgIpc) is 2.78. The number of nitriles is 1. The van der Waals surface area contributed by atoms with Crippen molar-refractivity contribution < 1.29 is 26.4 Å². The molecule has 2 aromatic rings. The molecular weight excluding hydrogens is 443 g/mol. The van der Waals surface area contributed by atoms with Crippen LogP contribution < -0.4 is 0 Å². The van der Waals surface area contributed by atoms with E-state index in [2.05, 4.69) is 0 Å². The van der Waals surface area contributed by atoms with Gasteiger partial charge < -0.3 is 4.90 Å². The number of sulfonamides is 1. The minimum atomic E-state index is -4.57. The molecule has 2 aromatic carbocycles. The van der Waals surface area contributed by atoms with E-state index in [1.165, 1.54) is 40.7 Å².